The summed E-state index contributed by atoms with van der Waals surface area (Å²) in [5, 5.41) is 14.3. The fourth-order valence-corrected chi connectivity index (χ4v) is 5.06. The maximum atomic E-state index is 13.2. The number of para-hydroxylation sites is 1. The number of piperidine rings is 1. The Bertz CT molecular complexity index is 1550. The van der Waals surface area contributed by atoms with Crippen molar-refractivity contribution < 1.29 is 19.4 Å². The van der Waals surface area contributed by atoms with Gasteiger partial charge in [-0.05, 0) is 55.5 Å². The first kappa shape index (κ1) is 26.0. The molecule has 1 saturated heterocycles. The van der Waals surface area contributed by atoms with E-state index in [9.17, 15) is 19.5 Å². The summed E-state index contributed by atoms with van der Waals surface area (Å²) in [4.78, 5) is 48.1. The lowest BCUT2D eigenvalue weighted by molar-refractivity contribution is -0.130. The van der Waals surface area contributed by atoms with Crippen molar-refractivity contribution >= 4 is 22.7 Å². The second kappa shape index (κ2) is 11.0. The van der Waals surface area contributed by atoms with Crippen molar-refractivity contribution in [1.29, 1.82) is 0 Å². The van der Waals surface area contributed by atoms with E-state index in [1.165, 1.54) is 6.92 Å². The Labute approximate surface area is 225 Å². The second-order valence-electron chi connectivity index (χ2n) is 9.90. The smallest absolute Gasteiger partial charge is 0.326 e. The van der Waals surface area contributed by atoms with Crippen LogP contribution in [0, 0.1) is 12.8 Å². The summed E-state index contributed by atoms with van der Waals surface area (Å²) in [6.45, 7) is 4.87. The lowest BCUT2D eigenvalue weighted by atomic mass is 9.87. The number of amides is 2. The molecule has 2 aromatic carbocycles. The molecule has 1 fully saturated rings. The van der Waals surface area contributed by atoms with E-state index in [4.69, 9.17) is 4.74 Å². The number of aromatic amines is 2. The van der Waals surface area contributed by atoms with E-state index in [2.05, 4.69) is 20.3 Å². The topological polar surface area (TPSA) is 140 Å². The van der Waals surface area contributed by atoms with Crippen LogP contribution < -0.4 is 15.7 Å². The molecule has 0 radical (unpaired) electrons. The zero-order valence-corrected chi connectivity index (χ0v) is 21.9. The van der Waals surface area contributed by atoms with Crippen LogP contribution in [0.2, 0.25) is 0 Å². The highest BCUT2D eigenvalue weighted by atomic mass is 16.5. The molecule has 1 aliphatic rings. The molecule has 4 aromatic rings. The van der Waals surface area contributed by atoms with Crippen molar-refractivity contribution in [3.8, 4) is 11.6 Å². The Balaban J connectivity index is 1.28. The first-order valence-corrected chi connectivity index (χ1v) is 12.9. The van der Waals surface area contributed by atoms with Crippen LogP contribution in [0.5, 0.6) is 11.6 Å². The predicted molar refractivity (Wildman–Crippen MR) is 146 cm³/mol. The van der Waals surface area contributed by atoms with Crippen molar-refractivity contribution in [2.45, 2.75) is 39.3 Å². The lowest BCUT2D eigenvalue weighted by Crippen LogP contribution is -2.42. The Morgan fingerprint density at radius 3 is 2.51 bits per heavy atom. The number of pyridine rings is 1. The largest absolute Gasteiger partial charge is 0.493 e. The van der Waals surface area contributed by atoms with Gasteiger partial charge >= 0.3 is 5.69 Å². The van der Waals surface area contributed by atoms with Gasteiger partial charge in [0.15, 0.2) is 0 Å². The summed E-state index contributed by atoms with van der Waals surface area (Å²) < 4.78 is 6.05. The first-order chi connectivity index (χ1) is 18.8. The molecule has 10 heteroatoms. The summed E-state index contributed by atoms with van der Waals surface area (Å²) in [6, 6.07) is 16.2. The fourth-order valence-electron chi connectivity index (χ4n) is 5.06. The molecule has 1 unspecified atom stereocenters. The normalized spacial score (nSPS) is 14.8. The third-order valence-electron chi connectivity index (χ3n) is 7.22. The zero-order chi connectivity index (χ0) is 27.5. The van der Waals surface area contributed by atoms with Gasteiger partial charge in [0.05, 0.1) is 6.04 Å². The van der Waals surface area contributed by atoms with Crippen molar-refractivity contribution in [2.24, 2.45) is 5.92 Å². The average Bonchev–Trinajstić information content (AvgIpc) is 3.27. The molecule has 0 aliphatic carbocycles. The number of hydrogen-bond acceptors (Lipinski definition) is 6. The van der Waals surface area contributed by atoms with E-state index in [0.717, 1.165) is 22.2 Å². The average molecular weight is 530 g/mol. The maximum Gasteiger partial charge on any atom is 0.326 e. The number of nitrogens with one attached hydrogen (secondary N) is 3. The van der Waals surface area contributed by atoms with Gasteiger partial charge in [0.25, 0.3) is 5.91 Å². The van der Waals surface area contributed by atoms with Crippen LogP contribution in [-0.4, -0.2) is 49.9 Å². The highest BCUT2D eigenvalue weighted by Gasteiger charge is 2.33. The summed E-state index contributed by atoms with van der Waals surface area (Å²) in [5.41, 5.74) is 2.72. The van der Waals surface area contributed by atoms with Gasteiger partial charge in [0, 0.05) is 36.7 Å². The monoisotopic (exact) mass is 529 g/mol. The van der Waals surface area contributed by atoms with Crippen LogP contribution in [0.25, 0.3) is 10.9 Å². The van der Waals surface area contributed by atoms with Gasteiger partial charge < -0.3 is 25.0 Å². The number of aryl methyl sites for hydroxylation is 1. The molecular weight excluding hydrogens is 498 g/mol. The highest BCUT2D eigenvalue weighted by Crippen LogP contribution is 2.33. The fraction of sp³-hybridized carbons (Fsp3) is 0.310. The molecule has 39 heavy (non-hydrogen) atoms. The third kappa shape index (κ3) is 5.79. The van der Waals surface area contributed by atoms with E-state index in [1.54, 1.807) is 17.0 Å². The number of aromatic nitrogens is 3. The first-order valence-electron chi connectivity index (χ1n) is 12.9. The number of ether oxygens (including phenoxy) is 1. The van der Waals surface area contributed by atoms with Gasteiger partial charge in [0.1, 0.15) is 23.6 Å². The molecule has 1 atom stereocenters. The van der Waals surface area contributed by atoms with Crippen molar-refractivity contribution in [3.05, 3.63) is 87.6 Å². The lowest BCUT2D eigenvalue weighted by Gasteiger charge is -2.35. The van der Waals surface area contributed by atoms with Crippen molar-refractivity contribution in [2.75, 3.05) is 13.1 Å². The van der Waals surface area contributed by atoms with Crippen LogP contribution in [0.1, 0.15) is 53.1 Å². The molecular formula is C29H31N5O5. The molecule has 2 amide bonds. The van der Waals surface area contributed by atoms with Crippen molar-refractivity contribution in [3.63, 3.8) is 0 Å². The number of carbonyl (C=O) groups excluding carboxylic acids is 2. The van der Waals surface area contributed by atoms with Gasteiger partial charge in [-0.15, -0.1) is 0 Å². The number of carbonyl (C=O) groups is 2. The minimum absolute atomic E-state index is 0.00262. The van der Waals surface area contributed by atoms with Crippen LogP contribution in [-0.2, 0) is 11.4 Å². The van der Waals surface area contributed by atoms with Crippen LogP contribution in [0.3, 0.4) is 0 Å². The van der Waals surface area contributed by atoms with E-state index < -0.39 is 11.7 Å². The Kier molecular flexibility index (Phi) is 7.36. The van der Waals surface area contributed by atoms with Crippen LogP contribution in [0.4, 0.5) is 0 Å². The van der Waals surface area contributed by atoms with Crippen molar-refractivity contribution in [1.82, 2.24) is 25.2 Å². The number of hydrogen-bond donors (Lipinski definition) is 4. The maximum absolute atomic E-state index is 13.2. The summed E-state index contributed by atoms with van der Waals surface area (Å²) in [5.74, 6) is -0.0195. The van der Waals surface area contributed by atoms with Gasteiger partial charge in [-0.1, -0.05) is 30.3 Å². The molecule has 4 N–H and O–H groups in total. The number of nitrogens with zero attached hydrogens (tertiary/aromatic N) is 2. The van der Waals surface area contributed by atoms with E-state index in [0.29, 0.717) is 43.9 Å². The number of fused-ring (bicyclic) bond motifs is 1. The minimum atomic E-state index is -0.629. The number of rotatable bonds is 7. The number of likely N-dealkylation sites (tertiary alicyclic amines) is 1. The molecule has 10 nitrogen and oxygen atoms in total. The molecule has 5 rings (SSSR count). The summed E-state index contributed by atoms with van der Waals surface area (Å²) in [7, 11) is 0. The second-order valence-corrected chi connectivity index (χ2v) is 9.90. The molecule has 0 bridgehead atoms. The van der Waals surface area contributed by atoms with Gasteiger partial charge in [0.2, 0.25) is 11.8 Å². The number of imidazole rings is 1. The Morgan fingerprint density at radius 1 is 1.10 bits per heavy atom. The van der Waals surface area contributed by atoms with E-state index >= 15 is 0 Å². The molecule has 0 spiro atoms. The SMILES string of the molecule is CC(=O)N1CCC(C(NC(=O)c2ccc(COc3cccc4ccc(C)nc34)cc2)c2[nH]c(=O)[nH]c2O)CC1. The molecule has 2 aromatic heterocycles. The van der Waals surface area contributed by atoms with Gasteiger partial charge in [-0.25, -0.2) is 9.78 Å². The quantitative estimate of drug-likeness (QED) is 0.289. The number of benzene rings is 2. The van der Waals surface area contributed by atoms with Gasteiger partial charge in [-0.3, -0.25) is 14.6 Å². The summed E-state index contributed by atoms with van der Waals surface area (Å²) in [6.07, 6.45) is 1.24. The predicted octanol–water partition coefficient (Wildman–Crippen LogP) is 3.57. The summed E-state index contributed by atoms with van der Waals surface area (Å²) >= 11 is 0. The van der Waals surface area contributed by atoms with E-state index in [-0.39, 0.29) is 29.3 Å². The van der Waals surface area contributed by atoms with Crippen LogP contribution >= 0.6 is 0 Å². The van der Waals surface area contributed by atoms with Crippen LogP contribution in [0.15, 0.2) is 59.4 Å². The number of aromatic hydroxyl groups is 1. The zero-order valence-electron chi connectivity index (χ0n) is 21.9. The Hall–Kier alpha value is -4.60. The minimum Gasteiger partial charge on any atom is -0.493 e. The molecule has 202 valence electrons. The molecule has 3 heterocycles. The highest BCUT2D eigenvalue weighted by molar-refractivity contribution is 5.94. The third-order valence-corrected chi connectivity index (χ3v) is 7.22. The number of H-pyrrole nitrogens is 2. The molecule has 1 aliphatic heterocycles. The van der Waals surface area contributed by atoms with E-state index in [1.807, 2.05) is 49.4 Å². The Morgan fingerprint density at radius 2 is 1.85 bits per heavy atom. The standard InChI is InChI=1S/C29H31N5O5/c1-17-6-9-20-4-3-5-23(24(20)30-17)39-16-19-7-10-22(11-8-19)27(36)31-25(26-28(37)33-29(38)32-26)21-12-14-34(15-13-21)18(2)35/h3-11,21,25,37H,12-16H2,1-2H3,(H,31,36)(H2,32,33,38). The molecule has 0 saturated carbocycles. The van der Waals surface area contributed by atoms with Gasteiger partial charge in [-0.2, -0.15) is 0 Å².